The third kappa shape index (κ3) is 4.29. The molecule has 8 heteroatoms. The van der Waals surface area contributed by atoms with Crippen LogP contribution in [0.3, 0.4) is 0 Å². The number of ether oxygens (including phenoxy) is 1. The van der Waals surface area contributed by atoms with Crippen molar-refractivity contribution in [2.75, 3.05) is 26.7 Å². The quantitative estimate of drug-likeness (QED) is 0.810. The molecule has 160 valence electrons. The summed E-state index contributed by atoms with van der Waals surface area (Å²) in [6.45, 7) is 2.08. The molecule has 2 aliphatic rings. The van der Waals surface area contributed by atoms with E-state index in [2.05, 4.69) is 17.4 Å². The van der Waals surface area contributed by atoms with E-state index < -0.39 is 10.0 Å². The topological polar surface area (TPSA) is 79.0 Å². The Hall–Kier alpha value is -2.58. The van der Waals surface area contributed by atoms with E-state index in [1.807, 2.05) is 17.0 Å². The molecule has 1 saturated heterocycles. The zero-order chi connectivity index (χ0) is 21.1. The van der Waals surface area contributed by atoms with Gasteiger partial charge in [-0.15, -0.1) is 0 Å². The summed E-state index contributed by atoms with van der Waals surface area (Å²) in [7, 11) is -2.06. The van der Waals surface area contributed by atoms with Crippen LogP contribution in [0.2, 0.25) is 0 Å². The van der Waals surface area contributed by atoms with Gasteiger partial charge in [0.15, 0.2) is 0 Å². The number of hydrogen-bond donors (Lipinski definition) is 1. The molecule has 2 amide bonds. The first-order valence-electron chi connectivity index (χ1n) is 10.2. The molecule has 2 aromatic rings. The lowest BCUT2D eigenvalue weighted by Gasteiger charge is -2.34. The van der Waals surface area contributed by atoms with E-state index in [0.717, 1.165) is 6.42 Å². The van der Waals surface area contributed by atoms with Gasteiger partial charge in [0.25, 0.3) is 0 Å². The van der Waals surface area contributed by atoms with Gasteiger partial charge in [-0.05, 0) is 42.5 Å². The minimum absolute atomic E-state index is 0.0218. The van der Waals surface area contributed by atoms with Crippen molar-refractivity contribution in [3.8, 4) is 5.75 Å². The number of fused-ring (bicyclic) bond motifs is 1. The number of piperidine rings is 1. The Balaban J connectivity index is 1.33. The van der Waals surface area contributed by atoms with Crippen LogP contribution in [0.1, 0.15) is 24.0 Å². The molecular formula is C22H27N3O4S. The third-order valence-corrected chi connectivity index (χ3v) is 7.77. The Kier molecular flexibility index (Phi) is 5.97. The summed E-state index contributed by atoms with van der Waals surface area (Å²) in [6.07, 6.45) is 2.06. The highest BCUT2D eigenvalue weighted by atomic mass is 32.2. The number of nitrogens with zero attached hydrogens (tertiary/aromatic N) is 2. The molecular weight excluding hydrogens is 402 g/mol. The maximum absolute atomic E-state index is 12.9. The second-order valence-corrected chi connectivity index (χ2v) is 9.69. The third-order valence-electron chi connectivity index (χ3n) is 5.88. The summed E-state index contributed by atoms with van der Waals surface area (Å²) < 4.78 is 32.5. The van der Waals surface area contributed by atoms with Gasteiger partial charge >= 0.3 is 6.03 Å². The minimum atomic E-state index is -3.57. The van der Waals surface area contributed by atoms with Crippen LogP contribution < -0.4 is 10.1 Å². The summed E-state index contributed by atoms with van der Waals surface area (Å²) in [4.78, 5) is 14.8. The number of carbonyl (C=O) groups is 1. The number of hydrogen-bond acceptors (Lipinski definition) is 4. The SMILES string of the molecule is COc1cccc(S(=O)(=O)N2CCC(NC(=O)N3CCc4ccccc4C3)CC2)c1. The highest BCUT2D eigenvalue weighted by Gasteiger charge is 2.31. The summed E-state index contributed by atoms with van der Waals surface area (Å²) >= 11 is 0. The molecule has 0 atom stereocenters. The first-order valence-corrected chi connectivity index (χ1v) is 11.7. The van der Waals surface area contributed by atoms with Gasteiger partial charge in [-0.25, -0.2) is 13.2 Å². The molecule has 0 radical (unpaired) electrons. The van der Waals surface area contributed by atoms with Gasteiger partial charge < -0.3 is 15.0 Å². The van der Waals surface area contributed by atoms with Crippen LogP contribution in [0.15, 0.2) is 53.4 Å². The van der Waals surface area contributed by atoms with Crippen LogP contribution in [0.25, 0.3) is 0 Å². The van der Waals surface area contributed by atoms with Crippen molar-refractivity contribution in [1.29, 1.82) is 0 Å². The molecule has 0 spiro atoms. The van der Waals surface area contributed by atoms with Crippen molar-refractivity contribution in [2.24, 2.45) is 0 Å². The van der Waals surface area contributed by atoms with Crippen LogP contribution in [0, 0.1) is 0 Å². The van der Waals surface area contributed by atoms with E-state index >= 15 is 0 Å². The van der Waals surface area contributed by atoms with Gasteiger partial charge in [-0.1, -0.05) is 30.3 Å². The van der Waals surface area contributed by atoms with Crippen LogP contribution in [0.5, 0.6) is 5.75 Å². The standard InChI is InChI=1S/C22H27N3O4S/c1-29-20-7-4-8-21(15-20)30(27,28)25-13-10-19(11-14-25)23-22(26)24-12-9-17-5-2-3-6-18(17)16-24/h2-8,15,19H,9-14,16H2,1H3,(H,23,26). The molecule has 0 unspecified atom stereocenters. The number of methoxy groups -OCH3 is 1. The molecule has 4 rings (SSSR count). The van der Waals surface area contributed by atoms with E-state index in [1.165, 1.54) is 28.6 Å². The number of sulfonamides is 1. The Morgan fingerprint density at radius 2 is 1.77 bits per heavy atom. The molecule has 0 aromatic heterocycles. The van der Waals surface area contributed by atoms with Crippen molar-refractivity contribution in [1.82, 2.24) is 14.5 Å². The molecule has 30 heavy (non-hydrogen) atoms. The van der Waals surface area contributed by atoms with Crippen molar-refractivity contribution in [3.05, 3.63) is 59.7 Å². The van der Waals surface area contributed by atoms with Gasteiger partial charge in [-0.2, -0.15) is 4.31 Å². The average Bonchev–Trinajstić information content (AvgIpc) is 2.79. The Morgan fingerprint density at radius 3 is 2.50 bits per heavy atom. The number of carbonyl (C=O) groups excluding carboxylic acids is 1. The number of rotatable bonds is 4. The van der Waals surface area contributed by atoms with E-state index in [1.54, 1.807) is 18.2 Å². The maximum atomic E-state index is 12.9. The minimum Gasteiger partial charge on any atom is -0.497 e. The lowest BCUT2D eigenvalue weighted by atomic mass is 10.0. The fourth-order valence-corrected chi connectivity index (χ4v) is 5.59. The molecule has 2 aliphatic heterocycles. The Bertz CT molecular complexity index is 1020. The summed E-state index contributed by atoms with van der Waals surface area (Å²) in [5, 5.41) is 3.09. The average molecular weight is 430 g/mol. The molecule has 2 aromatic carbocycles. The van der Waals surface area contributed by atoms with Gasteiger partial charge in [0, 0.05) is 38.3 Å². The maximum Gasteiger partial charge on any atom is 0.317 e. The monoisotopic (exact) mass is 429 g/mol. The second-order valence-electron chi connectivity index (χ2n) is 7.75. The number of urea groups is 1. The Morgan fingerprint density at radius 1 is 1.03 bits per heavy atom. The zero-order valence-electron chi connectivity index (χ0n) is 17.1. The first-order chi connectivity index (χ1) is 14.5. The van der Waals surface area contributed by atoms with Crippen LogP contribution in [0.4, 0.5) is 4.79 Å². The predicted molar refractivity (Wildman–Crippen MR) is 114 cm³/mol. The van der Waals surface area contributed by atoms with Gasteiger partial charge in [0.2, 0.25) is 10.0 Å². The van der Waals surface area contributed by atoms with Gasteiger partial charge in [0.05, 0.1) is 12.0 Å². The van der Waals surface area contributed by atoms with Gasteiger partial charge in [0.1, 0.15) is 5.75 Å². The first kappa shape index (κ1) is 20.7. The van der Waals surface area contributed by atoms with Crippen LogP contribution in [-0.4, -0.2) is 56.4 Å². The molecule has 0 saturated carbocycles. The van der Waals surface area contributed by atoms with Crippen molar-refractivity contribution < 1.29 is 17.9 Å². The summed E-state index contributed by atoms with van der Waals surface area (Å²) in [5.74, 6) is 0.515. The predicted octanol–water partition coefficient (Wildman–Crippen LogP) is 2.62. The van der Waals surface area contributed by atoms with Gasteiger partial charge in [-0.3, -0.25) is 0 Å². The van der Waals surface area contributed by atoms with E-state index in [4.69, 9.17) is 4.74 Å². The smallest absolute Gasteiger partial charge is 0.317 e. The van der Waals surface area contributed by atoms with Crippen LogP contribution >= 0.6 is 0 Å². The fraction of sp³-hybridized carbons (Fsp3) is 0.409. The number of nitrogens with one attached hydrogen (secondary N) is 1. The van der Waals surface area contributed by atoms with E-state index in [-0.39, 0.29) is 17.0 Å². The summed E-state index contributed by atoms with van der Waals surface area (Å²) in [6, 6.07) is 14.6. The molecule has 0 aliphatic carbocycles. The molecule has 2 heterocycles. The van der Waals surface area contributed by atoms with E-state index in [0.29, 0.717) is 44.8 Å². The van der Waals surface area contributed by atoms with E-state index in [9.17, 15) is 13.2 Å². The zero-order valence-corrected chi connectivity index (χ0v) is 17.9. The molecule has 0 bridgehead atoms. The van der Waals surface area contributed by atoms with Crippen molar-refractivity contribution >= 4 is 16.1 Å². The number of benzene rings is 2. The van der Waals surface area contributed by atoms with Crippen molar-refractivity contribution in [2.45, 2.75) is 36.7 Å². The highest BCUT2D eigenvalue weighted by molar-refractivity contribution is 7.89. The fourth-order valence-electron chi connectivity index (χ4n) is 4.09. The molecule has 1 fully saturated rings. The number of amides is 2. The largest absolute Gasteiger partial charge is 0.497 e. The summed E-state index contributed by atoms with van der Waals surface area (Å²) in [5.41, 5.74) is 2.50. The van der Waals surface area contributed by atoms with Crippen molar-refractivity contribution in [3.63, 3.8) is 0 Å². The van der Waals surface area contributed by atoms with Crippen LogP contribution in [-0.2, 0) is 23.0 Å². The lowest BCUT2D eigenvalue weighted by Crippen LogP contribution is -2.51. The Labute approximate surface area is 177 Å². The second kappa shape index (κ2) is 8.65. The highest BCUT2D eigenvalue weighted by Crippen LogP contribution is 2.24. The normalized spacial score (nSPS) is 18.0. The lowest BCUT2D eigenvalue weighted by molar-refractivity contribution is 0.182. The molecule has 7 nitrogen and oxygen atoms in total. The molecule has 1 N–H and O–H groups in total.